The fourth-order valence-corrected chi connectivity index (χ4v) is 3.46. The quantitative estimate of drug-likeness (QED) is 0.802. The van der Waals surface area contributed by atoms with E-state index in [1.807, 2.05) is 7.11 Å². The summed E-state index contributed by atoms with van der Waals surface area (Å²) in [6.07, 6.45) is 5.59. The minimum Gasteiger partial charge on any atom is -0.381 e. The van der Waals surface area contributed by atoms with Crippen molar-refractivity contribution in [2.75, 3.05) is 40.1 Å². The van der Waals surface area contributed by atoms with Gasteiger partial charge in [0, 0.05) is 52.4 Å². The molecule has 2 saturated heterocycles. The van der Waals surface area contributed by atoms with E-state index in [9.17, 15) is 0 Å². The first kappa shape index (κ1) is 15.2. The smallest absolute Gasteiger partial charge is 0.0874 e. The Morgan fingerprint density at radius 2 is 1.79 bits per heavy atom. The highest BCUT2D eigenvalue weighted by Crippen LogP contribution is 2.33. The summed E-state index contributed by atoms with van der Waals surface area (Å²) in [7, 11) is 1.86. The maximum atomic E-state index is 5.96. The first-order chi connectivity index (χ1) is 9.30. The minimum atomic E-state index is -0.0352. The van der Waals surface area contributed by atoms with E-state index in [-0.39, 0.29) is 5.60 Å². The average Bonchev–Trinajstić information content (AvgIpc) is 2.48. The molecule has 1 N–H and O–H groups in total. The molecule has 4 heteroatoms. The minimum absolute atomic E-state index is 0.0352. The monoisotopic (exact) mass is 271 g/mol. The number of hydrogen-bond donors (Lipinski definition) is 1. The predicted octanol–water partition coefficient (Wildman–Crippen LogP) is 1.98. The van der Waals surface area contributed by atoms with Crippen LogP contribution in [0.1, 0.15) is 39.0 Å². The number of methoxy groups -OCH3 is 1. The molecule has 19 heavy (non-hydrogen) atoms. The van der Waals surface area contributed by atoms with Gasteiger partial charge in [-0.3, -0.25) is 0 Å². The third-order valence-corrected chi connectivity index (χ3v) is 4.74. The molecule has 2 fully saturated rings. The lowest BCUT2D eigenvalue weighted by Gasteiger charge is -2.44. The van der Waals surface area contributed by atoms with Crippen molar-refractivity contribution in [3.05, 3.63) is 0 Å². The summed E-state index contributed by atoms with van der Waals surface area (Å²) in [5.41, 5.74) is -0.0352. The molecule has 0 amide bonds. The molecule has 0 spiro atoms. The molecule has 112 valence electrons. The first-order valence-electron chi connectivity index (χ1n) is 7.75. The van der Waals surface area contributed by atoms with E-state index < -0.39 is 0 Å². The van der Waals surface area contributed by atoms with Gasteiger partial charge in [0.05, 0.1) is 5.60 Å². The number of hydrogen-bond acceptors (Lipinski definition) is 4. The van der Waals surface area contributed by atoms with Gasteiger partial charge in [0.2, 0.25) is 0 Å². The van der Waals surface area contributed by atoms with Crippen LogP contribution in [0, 0.1) is 5.92 Å². The van der Waals surface area contributed by atoms with Gasteiger partial charge in [-0.05, 0) is 31.7 Å². The average molecular weight is 271 g/mol. The SMILES string of the molecule is CCNC(CC1CCOCC1)C1(OC)CCOCC1. The van der Waals surface area contributed by atoms with Crippen molar-refractivity contribution in [2.24, 2.45) is 5.92 Å². The summed E-state index contributed by atoms with van der Waals surface area (Å²) < 4.78 is 16.9. The molecule has 0 aromatic heterocycles. The Bertz CT molecular complexity index is 248. The third-order valence-electron chi connectivity index (χ3n) is 4.74. The number of likely N-dealkylation sites (N-methyl/N-ethyl adjacent to an activating group) is 1. The highest BCUT2D eigenvalue weighted by atomic mass is 16.5. The molecular formula is C15H29NO3. The highest BCUT2D eigenvalue weighted by molar-refractivity contribution is 4.96. The van der Waals surface area contributed by atoms with Gasteiger partial charge >= 0.3 is 0 Å². The standard InChI is InChI=1S/C15H29NO3/c1-3-16-14(12-13-4-8-18-9-5-13)15(17-2)6-10-19-11-7-15/h13-14,16H,3-12H2,1-2H3. The Labute approximate surface area is 117 Å². The molecule has 0 aromatic carbocycles. The van der Waals surface area contributed by atoms with E-state index in [0.717, 1.165) is 51.7 Å². The van der Waals surface area contributed by atoms with Crippen molar-refractivity contribution in [1.82, 2.24) is 5.32 Å². The summed E-state index contributed by atoms with van der Waals surface area (Å²) >= 11 is 0. The molecule has 2 heterocycles. The van der Waals surface area contributed by atoms with Crippen molar-refractivity contribution in [1.29, 1.82) is 0 Å². The fraction of sp³-hybridized carbons (Fsp3) is 1.00. The van der Waals surface area contributed by atoms with Crippen molar-refractivity contribution in [3.63, 3.8) is 0 Å². The summed E-state index contributed by atoms with van der Waals surface area (Å²) in [5.74, 6) is 0.771. The van der Waals surface area contributed by atoms with Gasteiger partial charge in [-0.2, -0.15) is 0 Å². The molecule has 2 aliphatic rings. The Balaban J connectivity index is 1.99. The van der Waals surface area contributed by atoms with Crippen molar-refractivity contribution in [2.45, 2.75) is 50.7 Å². The van der Waals surface area contributed by atoms with E-state index in [0.29, 0.717) is 6.04 Å². The van der Waals surface area contributed by atoms with Gasteiger partial charge in [0.15, 0.2) is 0 Å². The van der Waals surface area contributed by atoms with Crippen molar-refractivity contribution in [3.8, 4) is 0 Å². The Morgan fingerprint density at radius 3 is 2.37 bits per heavy atom. The van der Waals surface area contributed by atoms with Crippen molar-refractivity contribution < 1.29 is 14.2 Å². The Morgan fingerprint density at radius 1 is 1.16 bits per heavy atom. The Kier molecular flexibility index (Phi) is 6.07. The van der Waals surface area contributed by atoms with Crippen molar-refractivity contribution >= 4 is 0 Å². The predicted molar refractivity (Wildman–Crippen MR) is 75.4 cm³/mol. The molecule has 1 unspecified atom stereocenters. The Hall–Kier alpha value is -0.160. The van der Waals surface area contributed by atoms with Crippen LogP contribution in [0.15, 0.2) is 0 Å². The summed E-state index contributed by atoms with van der Waals surface area (Å²) in [4.78, 5) is 0. The zero-order valence-corrected chi connectivity index (χ0v) is 12.5. The van der Waals surface area contributed by atoms with Gasteiger partial charge in [-0.15, -0.1) is 0 Å². The van der Waals surface area contributed by atoms with Crippen LogP contribution in [0.5, 0.6) is 0 Å². The van der Waals surface area contributed by atoms with Crippen LogP contribution in [0.25, 0.3) is 0 Å². The maximum Gasteiger partial charge on any atom is 0.0874 e. The van der Waals surface area contributed by atoms with Crippen LogP contribution in [0.2, 0.25) is 0 Å². The molecule has 0 aliphatic carbocycles. The lowest BCUT2D eigenvalue weighted by atomic mass is 9.79. The molecule has 0 saturated carbocycles. The van der Waals surface area contributed by atoms with Gasteiger partial charge in [0.1, 0.15) is 0 Å². The van der Waals surface area contributed by atoms with Crippen LogP contribution in [0.4, 0.5) is 0 Å². The van der Waals surface area contributed by atoms with Crippen LogP contribution in [-0.4, -0.2) is 51.7 Å². The van der Waals surface area contributed by atoms with E-state index >= 15 is 0 Å². The molecule has 2 aliphatic heterocycles. The summed E-state index contributed by atoms with van der Waals surface area (Å²) in [6.45, 7) is 6.67. The van der Waals surface area contributed by atoms with Crippen LogP contribution in [-0.2, 0) is 14.2 Å². The zero-order valence-electron chi connectivity index (χ0n) is 12.5. The van der Waals surface area contributed by atoms with E-state index in [4.69, 9.17) is 14.2 Å². The van der Waals surface area contributed by atoms with E-state index in [1.165, 1.54) is 19.3 Å². The van der Waals surface area contributed by atoms with Gasteiger partial charge in [0.25, 0.3) is 0 Å². The van der Waals surface area contributed by atoms with Crippen LogP contribution < -0.4 is 5.32 Å². The second-order valence-corrected chi connectivity index (χ2v) is 5.78. The van der Waals surface area contributed by atoms with Gasteiger partial charge < -0.3 is 19.5 Å². The molecule has 1 atom stereocenters. The number of nitrogens with one attached hydrogen (secondary N) is 1. The second-order valence-electron chi connectivity index (χ2n) is 5.78. The fourth-order valence-electron chi connectivity index (χ4n) is 3.46. The zero-order chi connectivity index (χ0) is 13.6. The topological polar surface area (TPSA) is 39.7 Å². The van der Waals surface area contributed by atoms with E-state index in [2.05, 4.69) is 12.2 Å². The molecule has 0 aromatic rings. The van der Waals surface area contributed by atoms with E-state index in [1.54, 1.807) is 0 Å². The van der Waals surface area contributed by atoms with Crippen LogP contribution in [0.3, 0.4) is 0 Å². The highest BCUT2D eigenvalue weighted by Gasteiger charge is 2.41. The molecule has 2 rings (SSSR count). The largest absolute Gasteiger partial charge is 0.381 e. The molecular weight excluding hydrogens is 242 g/mol. The third kappa shape index (κ3) is 3.91. The first-order valence-corrected chi connectivity index (χ1v) is 7.75. The summed E-state index contributed by atoms with van der Waals surface area (Å²) in [6, 6.07) is 0.439. The lowest BCUT2D eigenvalue weighted by molar-refractivity contribution is -0.115. The normalized spacial score (nSPS) is 26.2. The molecule has 0 bridgehead atoms. The number of ether oxygens (including phenoxy) is 3. The lowest BCUT2D eigenvalue weighted by Crippen LogP contribution is -2.55. The maximum absolute atomic E-state index is 5.96. The second kappa shape index (κ2) is 7.58. The van der Waals surface area contributed by atoms with Crippen LogP contribution >= 0.6 is 0 Å². The number of rotatable bonds is 6. The summed E-state index contributed by atoms with van der Waals surface area (Å²) in [5, 5.41) is 3.67. The molecule has 4 nitrogen and oxygen atoms in total. The van der Waals surface area contributed by atoms with Gasteiger partial charge in [-0.25, -0.2) is 0 Å². The molecule has 0 radical (unpaired) electrons. The van der Waals surface area contributed by atoms with Gasteiger partial charge in [-0.1, -0.05) is 6.92 Å².